The topological polar surface area (TPSA) is 42.0 Å². The van der Waals surface area contributed by atoms with E-state index in [1.807, 2.05) is 0 Å². The summed E-state index contributed by atoms with van der Waals surface area (Å²) in [6, 6.07) is 3.52. The molecule has 1 aromatic heterocycles. The zero-order valence-corrected chi connectivity index (χ0v) is 9.32. The van der Waals surface area contributed by atoms with Gasteiger partial charge in [-0.25, -0.2) is 4.98 Å². The van der Waals surface area contributed by atoms with Crippen molar-refractivity contribution in [2.45, 2.75) is 12.8 Å². The van der Waals surface area contributed by atoms with Crippen LogP contribution in [0.4, 0.5) is 5.82 Å². The highest BCUT2D eigenvalue weighted by atomic mass is 79.9. The summed E-state index contributed by atoms with van der Waals surface area (Å²) in [6.07, 6.45) is 0. The van der Waals surface area contributed by atoms with Crippen LogP contribution < -0.4 is 5.32 Å². The number of halogens is 2. The van der Waals surface area contributed by atoms with Crippen molar-refractivity contribution in [2.24, 2.45) is 0 Å². The number of carbonyl (C=O) groups is 1. The first kappa shape index (κ1) is 10.5. The van der Waals surface area contributed by atoms with Crippen LogP contribution in [0.15, 0.2) is 16.6 Å². The smallest absolute Gasteiger partial charge is 0.222 e. The standard InChI is InChI=1S/C8H8BrClN2O/c1-5(13)11-8-3-6(9)2-7(4-10)12-8/h2-3H,4H2,1H3,(H,11,12,13). The Labute approximate surface area is 89.6 Å². The Morgan fingerprint density at radius 2 is 2.38 bits per heavy atom. The average molecular weight is 264 g/mol. The average Bonchev–Trinajstić information content (AvgIpc) is 2.01. The van der Waals surface area contributed by atoms with Crippen molar-refractivity contribution in [2.75, 3.05) is 5.32 Å². The van der Waals surface area contributed by atoms with Gasteiger partial charge in [-0.1, -0.05) is 15.9 Å². The van der Waals surface area contributed by atoms with Gasteiger partial charge in [0.2, 0.25) is 5.91 Å². The van der Waals surface area contributed by atoms with E-state index in [-0.39, 0.29) is 5.91 Å². The highest BCUT2D eigenvalue weighted by molar-refractivity contribution is 9.10. The van der Waals surface area contributed by atoms with Gasteiger partial charge in [0.05, 0.1) is 11.6 Å². The van der Waals surface area contributed by atoms with Crippen LogP contribution in [0.2, 0.25) is 0 Å². The van der Waals surface area contributed by atoms with E-state index in [1.165, 1.54) is 6.92 Å². The van der Waals surface area contributed by atoms with E-state index >= 15 is 0 Å². The van der Waals surface area contributed by atoms with Crippen molar-refractivity contribution < 1.29 is 4.79 Å². The van der Waals surface area contributed by atoms with Gasteiger partial charge in [0.25, 0.3) is 0 Å². The van der Waals surface area contributed by atoms with Crippen molar-refractivity contribution in [1.82, 2.24) is 4.98 Å². The van der Waals surface area contributed by atoms with Crippen molar-refractivity contribution in [3.63, 3.8) is 0 Å². The molecule has 0 unspecified atom stereocenters. The highest BCUT2D eigenvalue weighted by Crippen LogP contribution is 2.17. The first-order valence-electron chi connectivity index (χ1n) is 3.62. The maximum Gasteiger partial charge on any atom is 0.222 e. The van der Waals surface area contributed by atoms with Gasteiger partial charge < -0.3 is 5.32 Å². The number of nitrogens with one attached hydrogen (secondary N) is 1. The molecule has 5 heteroatoms. The van der Waals surface area contributed by atoms with Crippen LogP contribution in [0.3, 0.4) is 0 Å². The van der Waals surface area contributed by atoms with Crippen LogP contribution >= 0.6 is 27.5 Å². The fourth-order valence-electron chi connectivity index (χ4n) is 0.864. The van der Waals surface area contributed by atoms with Crippen LogP contribution in [0.1, 0.15) is 12.6 Å². The van der Waals surface area contributed by atoms with Crippen molar-refractivity contribution in [1.29, 1.82) is 0 Å². The Kier molecular flexibility index (Phi) is 3.69. The molecule has 0 aromatic carbocycles. The van der Waals surface area contributed by atoms with Gasteiger partial charge >= 0.3 is 0 Å². The van der Waals surface area contributed by atoms with Gasteiger partial charge in [0.15, 0.2) is 0 Å². The number of rotatable bonds is 2. The minimum Gasteiger partial charge on any atom is -0.311 e. The van der Waals surface area contributed by atoms with Crippen LogP contribution in [0, 0.1) is 0 Å². The van der Waals surface area contributed by atoms with Gasteiger partial charge in [-0.05, 0) is 12.1 Å². The van der Waals surface area contributed by atoms with Crippen molar-refractivity contribution in [3.05, 3.63) is 22.3 Å². The van der Waals surface area contributed by atoms with Gasteiger partial charge in [0.1, 0.15) is 5.82 Å². The lowest BCUT2D eigenvalue weighted by molar-refractivity contribution is -0.114. The molecule has 1 N–H and O–H groups in total. The van der Waals surface area contributed by atoms with E-state index < -0.39 is 0 Å². The molecule has 0 saturated heterocycles. The predicted octanol–water partition coefficient (Wildman–Crippen LogP) is 2.54. The summed E-state index contributed by atoms with van der Waals surface area (Å²) in [4.78, 5) is 14.8. The third-order valence-corrected chi connectivity index (χ3v) is 2.02. The highest BCUT2D eigenvalue weighted by Gasteiger charge is 2.01. The van der Waals surface area contributed by atoms with Gasteiger partial charge in [-0.15, -0.1) is 11.6 Å². The summed E-state index contributed by atoms with van der Waals surface area (Å²) >= 11 is 8.91. The predicted molar refractivity (Wildman–Crippen MR) is 55.8 cm³/mol. The SMILES string of the molecule is CC(=O)Nc1cc(Br)cc(CCl)n1. The van der Waals surface area contributed by atoms with E-state index in [9.17, 15) is 4.79 Å². The molecule has 1 heterocycles. The maximum atomic E-state index is 10.7. The van der Waals surface area contributed by atoms with Crippen LogP contribution in [-0.4, -0.2) is 10.9 Å². The van der Waals surface area contributed by atoms with Gasteiger partial charge in [-0.3, -0.25) is 4.79 Å². The fourth-order valence-corrected chi connectivity index (χ4v) is 1.48. The second kappa shape index (κ2) is 4.58. The van der Waals surface area contributed by atoms with E-state index in [2.05, 4.69) is 26.2 Å². The molecular weight excluding hydrogens is 255 g/mol. The molecule has 70 valence electrons. The third kappa shape index (κ3) is 3.32. The normalized spacial score (nSPS) is 9.77. The molecule has 13 heavy (non-hydrogen) atoms. The third-order valence-electron chi connectivity index (χ3n) is 1.28. The van der Waals surface area contributed by atoms with Crippen molar-refractivity contribution in [3.8, 4) is 0 Å². The zero-order valence-electron chi connectivity index (χ0n) is 6.97. The number of aromatic nitrogens is 1. The summed E-state index contributed by atoms with van der Waals surface area (Å²) < 4.78 is 0.849. The molecule has 1 rings (SSSR count). The Hall–Kier alpha value is -0.610. The molecule has 1 aromatic rings. The molecule has 3 nitrogen and oxygen atoms in total. The molecule has 0 saturated carbocycles. The number of alkyl halides is 1. The summed E-state index contributed by atoms with van der Waals surface area (Å²) in [5, 5.41) is 2.58. The number of nitrogens with zero attached hydrogens (tertiary/aromatic N) is 1. The minimum atomic E-state index is -0.147. The van der Waals surface area contributed by atoms with E-state index in [0.717, 1.165) is 10.2 Å². The first-order valence-corrected chi connectivity index (χ1v) is 4.94. The fraction of sp³-hybridized carbons (Fsp3) is 0.250. The monoisotopic (exact) mass is 262 g/mol. The summed E-state index contributed by atoms with van der Waals surface area (Å²) in [7, 11) is 0. The number of amides is 1. The Balaban J connectivity index is 2.94. The van der Waals surface area contributed by atoms with Gasteiger partial charge in [-0.2, -0.15) is 0 Å². The molecule has 1 amide bonds. The molecule has 0 aliphatic rings. The summed E-state index contributed by atoms with van der Waals surface area (Å²) in [6.45, 7) is 1.43. The summed E-state index contributed by atoms with van der Waals surface area (Å²) in [5.41, 5.74) is 0.722. The van der Waals surface area contributed by atoms with E-state index in [0.29, 0.717) is 11.7 Å². The Morgan fingerprint density at radius 3 is 2.92 bits per heavy atom. The number of hydrogen-bond donors (Lipinski definition) is 1. The lowest BCUT2D eigenvalue weighted by Crippen LogP contribution is -2.08. The number of pyridine rings is 1. The quantitative estimate of drug-likeness (QED) is 0.833. The molecule has 0 aliphatic heterocycles. The van der Waals surface area contributed by atoms with Crippen molar-refractivity contribution >= 4 is 39.3 Å². The van der Waals surface area contributed by atoms with Crippen LogP contribution in [-0.2, 0) is 10.7 Å². The number of hydrogen-bond acceptors (Lipinski definition) is 2. The van der Waals surface area contributed by atoms with E-state index in [4.69, 9.17) is 11.6 Å². The first-order chi connectivity index (χ1) is 6.11. The molecule has 0 fully saturated rings. The lowest BCUT2D eigenvalue weighted by Gasteiger charge is -2.03. The number of carbonyl (C=O) groups excluding carboxylic acids is 1. The van der Waals surface area contributed by atoms with Crippen LogP contribution in [0.25, 0.3) is 0 Å². The summed E-state index contributed by atoms with van der Waals surface area (Å²) in [5.74, 6) is 0.690. The van der Waals surface area contributed by atoms with Crippen LogP contribution in [0.5, 0.6) is 0 Å². The molecule has 0 spiro atoms. The maximum absolute atomic E-state index is 10.7. The number of anilines is 1. The zero-order chi connectivity index (χ0) is 9.84. The lowest BCUT2D eigenvalue weighted by atomic mass is 10.3. The minimum absolute atomic E-state index is 0.147. The molecular formula is C8H8BrClN2O. The molecule has 0 atom stereocenters. The molecule has 0 bridgehead atoms. The Bertz CT molecular complexity index is 330. The Morgan fingerprint density at radius 1 is 1.69 bits per heavy atom. The second-order valence-electron chi connectivity index (χ2n) is 2.48. The largest absolute Gasteiger partial charge is 0.311 e. The second-order valence-corrected chi connectivity index (χ2v) is 3.66. The van der Waals surface area contributed by atoms with Gasteiger partial charge in [0, 0.05) is 11.4 Å². The molecule has 0 radical (unpaired) electrons. The van der Waals surface area contributed by atoms with E-state index in [1.54, 1.807) is 12.1 Å². The molecule has 0 aliphatic carbocycles.